The average Bonchev–Trinajstić information content (AvgIpc) is 2.71. The minimum Gasteiger partial charge on any atom is -0.389 e. The van der Waals surface area contributed by atoms with E-state index in [0.717, 1.165) is 10.6 Å². The lowest BCUT2D eigenvalue weighted by Crippen LogP contribution is -1.91. The van der Waals surface area contributed by atoms with Crippen LogP contribution in [0.1, 0.15) is 18.6 Å². The summed E-state index contributed by atoms with van der Waals surface area (Å²) in [5.74, 6) is 0. The van der Waals surface area contributed by atoms with Gasteiger partial charge in [-0.3, -0.25) is 0 Å². The number of hydrogen-bond acceptors (Lipinski definition) is 4. The summed E-state index contributed by atoms with van der Waals surface area (Å²) in [5, 5.41) is 12.4. The van der Waals surface area contributed by atoms with Gasteiger partial charge in [-0.05, 0) is 36.1 Å². The monoisotopic (exact) mass is 237 g/mol. The topological polar surface area (TPSA) is 33.1 Å². The Labute approximate surface area is 97.0 Å². The molecule has 2 heterocycles. The molecule has 2 nitrogen and oxygen atoms in total. The molecule has 1 N–H and O–H groups in total. The van der Waals surface area contributed by atoms with E-state index in [1.165, 1.54) is 4.21 Å². The lowest BCUT2D eigenvalue weighted by Gasteiger charge is -2.05. The Morgan fingerprint density at radius 1 is 1.47 bits per heavy atom. The van der Waals surface area contributed by atoms with Crippen LogP contribution >= 0.6 is 23.1 Å². The van der Waals surface area contributed by atoms with Gasteiger partial charge in [0.15, 0.2) is 0 Å². The molecule has 15 heavy (non-hydrogen) atoms. The Bertz CT molecular complexity index is 426. The molecule has 0 saturated carbocycles. The zero-order valence-corrected chi connectivity index (χ0v) is 9.89. The smallest absolute Gasteiger partial charge is 0.102 e. The molecule has 0 aliphatic heterocycles. The molecule has 0 fully saturated rings. The van der Waals surface area contributed by atoms with Crippen LogP contribution in [0.15, 0.2) is 45.1 Å². The second-order valence-electron chi connectivity index (χ2n) is 3.14. The molecule has 0 aliphatic carbocycles. The first kappa shape index (κ1) is 10.7. The third-order valence-electron chi connectivity index (χ3n) is 1.94. The van der Waals surface area contributed by atoms with Gasteiger partial charge in [-0.25, -0.2) is 4.98 Å². The summed E-state index contributed by atoms with van der Waals surface area (Å²) in [6.07, 6.45) is 1.30. The molecule has 0 aromatic carbocycles. The fourth-order valence-corrected chi connectivity index (χ4v) is 2.89. The molecule has 2 aromatic heterocycles. The number of thiophene rings is 1. The Balaban J connectivity index is 2.18. The summed E-state index contributed by atoms with van der Waals surface area (Å²) in [6, 6.07) is 7.84. The van der Waals surface area contributed by atoms with Crippen molar-refractivity contribution in [2.45, 2.75) is 22.3 Å². The summed E-state index contributed by atoms with van der Waals surface area (Å²) in [4.78, 5) is 4.26. The van der Waals surface area contributed by atoms with Crippen molar-refractivity contribution in [3.63, 3.8) is 0 Å². The number of aromatic nitrogens is 1. The Morgan fingerprint density at radius 2 is 2.33 bits per heavy atom. The normalized spacial score (nSPS) is 12.7. The van der Waals surface area contributed by atoms with E-state index in [-0.39, 0.29) is 0 Å². The van der Waals surface area contributed by atoms with Gasteiger partial charge in [0.1, 0.15) is 5.03 Å². The highest BCUT2D eigenvalue weighted by Gasteiger charge is 2.04. The van der Waals surface area contributed by atoms with Gasteiger partial charge in [0.2, 0.25) is 0 Å². The van der Waals surface area contributed by atoms with Crippen LogP contribution in [0, 0.1) is 0 Å². The van der Waals surface area contributed by atoms with Crippen LogP contribution in [0.5, 0.6) is 0 Å². The molecule has 2 rings (SSSR count). The minimum atomic E-state index is -0.435. The number of aliphatic hydroxyl groups is 1. The van der Waals surface area contributed by atoms with Crippen molar-refractivity contribution in [2.24, 2.45) is 0 Å². The highest BCUT2D eigenvalue weighted by atomic mass is 32.2. The van der Waals surface area contributed by atoms with Crippen LogP contribution in [-0.4, -0.2) is 10.1 Å². The standard InChI is InChI=1S/C11H11NOS2/c1-8(13)9-4-5-12-10(7-9)15-11-3-2-6-14-11/h2-8,13H,1H3. The number of nitrogens with zero attached hydrogens (tertiary/aromatic N) is 1. The fraction of sp³-hybridized carbons (Fsp3) is 0.182. The van der Waals surface area contributed by atoms with E-state index in [1.54, 1.807) is 36.2 Å². The maximum absolute atomic E-state index is 9.44. The van der Waals surface area contributed by atoms with E-state index >= 15 is 0 Å². The lowest BCUT2D eigenvalue weighted by atomic mass is 10.2. The summed E-state index contributed by atoms with van der Waals surface area (Å²) < 4.78 is 1.21. The van der Waals surface area contributed by atoms with Crippen molar-refractivity contribution in [3.05, 3.63) is 41.4 Å². The molecular weight excluding hydrogens is 226 g/mol. The fourth-order valence-electron chi connectivity index (χ4n) is 1.17. The van der Waals surface area contributed by atoms with Crippen LogP contribution in [0.4, 0.5) is 0 Å². The summed E-state index contributed by atoms with van der Waals surface area (Å²) >= 11 is 3.31. The van der Waals surface area contributed by atoms with Crippen molar-refractivity contribution in [1.82, 2.24) is 4.98 Å². The van der Waals surface area contributed by atoms with Crippen LogP contribution in [0.3, 0.4) is 0 Å². The SMILES string of the molecule is CC(O)c1ccnc(Sc2cccs2)c1. The molecule has 0 aliphatic rings. The predicted molar refractivity (Wildman–Crippen MR) is 63.3 cm³/mol. The summed E-state index contributed by atoms with van der Waals surface area (Å²) in [6.45, 7) is 1.76. The molecule has 4 heteroatoms. The summed E-state index contributed by atoms with van der Waals surface area (Å²) in [7, 11) is 0. The molecule has 78 valence electrons. The lowest BCUT2D eigenvalue weighted by molar-refractivity contribution is 0.199. The number of aliphatic hydroxyl groups excluding tert-OH is 1. The third-order valence-corrected chi connectivity index (χ3v) is 3.91. The number of rotatable bonds is 3. The highest BCUT2D eigenvalue weighted by Crippen LogP contribution is 2.30. The Kier molecular flexibility index (Phi) is 3.41. The third kappa shape index (κ3) is 2.81. The second kappa shape index (κ2) is 4.79. The highest BCUT2D eigenvalue weighted by molar-refractivity contribution is 8.01. The second-order valence-corrected chi connectivity index (χ2v) is 5.41. The maximum atomic E-state index is 9.44. The van der Waals surface area contributed by atoms with Crippen LogP contribution < -0.4 is 0 Å². The number of pyridine rings is 1. The van der Waals surface area contributed by atoms with Crippen molar-refractivity contribution in [2.75, 3.05) is 0 Å². The molecule has 1 unspecified atom stereocenters. The van der Waals surface area contributed by atoms with Gasteiger partial charge in [0.05, 0.1) is 10.3 Å². The van der Waals surface area contributed by atoms with Gasteiger partial charge in [-0.1, -0.05) is 17.8 Å². The van der Waals surface area contributed by atoms with Crippen LogP contribution in [0.2, 0.25) is 0 Å². The Hall–Kier alpha value is -0.840. The first-order valence-electron chi connectivity index (χ1n) is 4.61. The molecule has 0 amide bonds. The molecule has 0 bridgehead atoms. The largest absolute Gasteiger partial charge is 0.389 e. The van der Waals surface area contributed by atoms with E-state index in [1.807, 2.05) is 23.6 Å². The molecule has 0 spiro atoms. The molecular formula is C11H11NOS2. The van der Waals surface area contributed by atoms with E-state index < -0.39 is 6.10 Å². The van der Waals surface area contributed by atoms with Crippen LogP contribution in [0.25, 0.3) is 0 Å². The van der Waals surface area contributed by atoms with Crippen molar-refractivity contribution in [1.29, 1.82) is 0 Å². The van der Waals surface area contributed by atoms with E-state index in [9.17, 15) is 5.11 Å². The van der Waals surface area contributed by atoms with Gasteiger partial charge in [-0.2, -0.15) is 0 Å². The van der Waals surface area contributed by atoms with Crippen molar-refractivity contribution >= 4 is 23.1 Å². The molecule has 1 atom stereocenters. The minimum absolute atomic E-state index is 0.435. The van der Waals surface area contributed by atoms with E-state index in [4.69, 9.17) is 0 Å². The van der Waals surface area contributed by atoms with Gasteiger partial charge in [0, 0.05) is 6.20 Å². The summed E-state index contributed by atoms with van der Waals surface area (Å²) in [5.41, 5.74) is 0.907. The quantitative estimate of drug-likeness (QED) is 0.888. The predicted octanol–water partition coefficient (Wildman–Crippen LogP) is 3.35. The van der Waals surface area contributed by atoms with E-state index in [2.05, 4.69) is 11.1 Å². The first-order chi connectivity index (χ1) is 7.25. The van der Waals surface area contributed by atoms with Crippen molar-refractivity contribution < 1.29 is 5.11 Å². The zero-order valence-electron chi connectivity index (χ0n) is 8.25. The molecule has 2 aromatic rings. The van der Waals surface area contributed by atoms with Gasteiger partial charge in [-0.15, -0.1) is 11.3 Å². The van der Waals surface area contributed by atoms with E-state index in [0.29, 0.717) is 0 Å². The van der Waals surface area contributed by atoms with Crippen LogP contribution in [-0.2, 0) is 0 Å². The van der Waals surface area contributed by atoms with Gasteiger partial charge >= 0.3 is 0 Å². The average molecular weight is 237 g/mol. The number of hydrogen-bond donors (Lipinski definition) is 1. The molecule has 0 radical (unpaired) electrons. The van der Waals surface area contributed by atoms with Gasteiger partial charge in [0.25, 0.3) is 0 Å². The first-order valence-corrected chi connectivity index (χ1v) is 6.30. The zero-order chi connectivity index (χ0) is 10.7. The van der Waals surface area contributed by atoms with Gasteiger partial charge < -0.3 is 5.11 Å². The molecule has 0 saturated heterocycles. The maximum Gasteiger partial charge on any atom is 0.102 e. The van der Waals surface area contributed by atoms with Crippen molar-refractivity contribution in [3.8, 4) is 0 Å². The Morgan fingerprint density at radius 3 is 3.00 bits per heavy atom.